The number of piperazine rings is 1. The van der Waals surface area contributed by atoms with Crippen LogP contribution in [0.5, 0.6) is 0 Å². The third-order valence-electron chi connectivity index (χ3n) is 4.40. The third-order valence-corrected chi connectivity index (χ3v) is 4.40. The Morgan fingerprint density at radius 2 is 1.94 bits per heavy atom. The van der Waals surface area contributed by atoms with Gasteiger partial charge in [0, 0.05) is 30.7 Å². The molecule has 0 amide bonds. The van der Waals surface area contributed by atoms with E-state index in [1.807, 2.05) is 0 Å². The van der Waals surface area contributed by atoms with Gasteiger partial charge in [-0.15, -0.1) is 0 Å². The van der Waals surface area contributed by atoms with E-state index < -0.39 is 5.97 Å². The van der Waals surface area contributed by atoms with Crippen LogP contribution < -0.4 is 0 Å². The van der Waals surface area contributed by atoms with Crippen molar-refractivity contribution in [2.45, 2.75) is 63.6 Å². The summed E-state index contributed by atoms with van der Waals surface area (Å²) in [5.41, 5.74) is 0.0854. The van der Waals surface area contributed by atoms with Gasteiger partial charge in [-0.25, -0.2) is 0 Å². The number of carboxylic acid groups (broad SMARTS) is 1. The predicted octanol–water partition coefficient (Wildman–Crippen LogP) is 1.80. The normalized spacial score (nSPS) is 30.7. The van der Waals surface area contributed by atoms with Crippen molar-refractivity contribution in [1.82, 2.24) is 9.80 Å². The zero-order valence-corrected chi connectivity index (χ0v) is 11.9. The molecule has 0 radical (unpaired) electrons. The summed E-state index contributed by atoms with van der Waals surface area (Å²) in [5, 5.41) is 9.14. The second-order valence-corrected chi connectivity index (χ2v) is 6.61. The van der Waals surface area contributed by atoms with Gasteiger partial charge < -0.3 is 10.0 Å². The van der Waals surface area contributed by atoms with Gasteiger partial charge in [0.25, 0.3) is 0 Å². The van der Waals surface area contributed by atoms with E-state index in [2.05, 4.69) is 30.7 Å². The molecule has 0 bridgehead atoms. The summed E-state index contributed by atoms with van der Waals surface area (Å²) in [5.74, 6) is -0.672. The van der Waals surface area contributed by atoms with Crippen LogP contribution in [0.25, 0.3) is 0 Å². The topological polar surface area (TPSA) is 43.8 Å². The van der Waals surface area contributed by atoms with Gasteiger partial charge in [0.2, 0.25) is 0 Å². The van der Waals surface area contributed by atoms with Gasteiger partial charge >= 0.3 is 5.97 Å². The minimum atomic E-state index is -0.672. The molecule has 1 aliphatic heterocycles. The number of carboxylic acids is 1. The first-order chi connectivity index (χ1) is 8.40. The molecule has 104 valence electrons. The van der Waals surface area contributed by atoms with Crippen molar-refractivity contribution in [3.8, 4) is 0 Å². The van der Waals surface area contributed by atoms with Gasteiger partial charge in [0.05, 0.1) is 6.42 Å². The predicted molar refractivity (Wildman–Crippen MR) is 71.7 cm³/mol. The SMILES string of the molecule is CN1CC(CC(=O)O)N(C2CCCC2)C(C)(C)C1. The van der Waals surface area contributed by atoms with E-state index in [-0.39, 0.29) is 18.0 Å². The van der Waals surface area contributed by atoms with Crippen molar-refractivity contribution in [2.75, 3.05) is 20.1 Å². The summed E-state index contributed by atoms with van der Waals surface area (Å²) in [7, 11) is 2.10. The third kappa shape index (κ3) is 2.86. The minimum absolute atomic E-state index is 0.0854. The number of nitrogens with zero attached hydrogens (tertiary/aromatic N) is 2. The van der Waals surface area contributed by atoms with Gasteiger partial charge in [-0.3, -0.25) is 9.69 Å². The average molecular weight is 254 g/mol. The Bertz CT molecular complexity index is 311. The molecular weight excluding hydrogens is 228 g/mol. The highest BCUT2D eigenvalue weighted by molar-refractivity contribution is 5.67. The smallest absolute Gasteiger partial charge is 0.304 e. The molecule has 18 heavy (non-hydrogen) atoms. The molecule has 0 aromatic rings. The second-order valence-electron chi connectivity index (χ2n) is 6.61. The summed E-state index contributed by atoms with van der Waals surface area (Å²) < 4.78 is 0. The minimum Gasteiger partial charge on any atom is -0.481 e. The number of carbonyl (C=O) groups is 1. The number of aliphatic carboxylic acids is 1. The van der Waals surface area contributed by atoms with Gasteiger partial charge in [-0.1, -0.05) is 12.8 Å². The Morgan fingerprint density at radius 3 is 2.50 bits per heavy atom. The van der Waals surface area contributed by atoms with E-state index in [1.54, 1.807) is 0 Å². The number of rotatable bonds is 3. The molecule has 1 atom stereocenters. The van der Waals surface area contributed by atoms with E-state index in [0.29, 0.717) is 6.04 Å². The second kappa shape index (κ2) is 5.17. The summed E-state index contributed by atoms with van der Waals surface area (Å²) in [6.07, 6.45) is 5.34. The maximum Gasteiger partial charge on any atom is 0.304 e. The Hall–Kier alpha value is -0.610. The van der Waals surface area contributed by atoms with Crippen molar-refractivity contribution in [3.63, 3.8) is 0 Å². The summed E-state index contributed by atoms with van der Waals surface area (Å²) in [4.78, 5) is 15.9. The van der Waals surface area contributed by atoms with Crippen LogP contribution in [0.4, 0.5) is 0 Å². The van der Waals surface area contributed by atoms with E-state index in [1.165, 1.54) is 25.7 Å². The Balaban J connectivity index is 2.18. The molecule has 1 saturated carbocycles. The Morgan fingerprint density at radius 1 is 1.33 bits per heavy atom. The first kappa shape index (κ1) is 13.8. The highest BCUT2D eigenvalue weighted by atomic mass is 16.4. The lowest BCUT2D eigenvalue weighted by atomic mass is 9.90. The molecule has 1 unspecified atom stereocenters. The van der Waals surface area contributed by atoms with Crippen molar-refractivity contribution < 1.29 is 9.90 Å². The van der Waals surface area contributed by atoms with Crippen LogP contribution in [0.2, 0.25) is 0 Å². The van der Waals surface area contributed by atoms with Crippen LogP contribution in [0.3, 0.4) is 0 Å². The molecular formula is C14H26N2O2. The molecule has 0 spiro atoms. The standard InChI is InChI=1S/C14H26N2O2/c1-14(2)10-15(3)9-12(8-13(17)18)16(14)11-6-4-5-7-11/h11-12H,4-10H2,1-3H3,(H,17,18). The quantitative estimate of drug-likeness (QED) is 0.834. The van der Waals surface area contributed by atoms with Crippen LogP contribution in [0, 0.1) is 0 Å². The first-order valence-electron chi connectivity index (χ1n) is 7.09. The van der Waals surface area contributed by atoms with Crippen LogP contribution >= 0.6 is 0 Å². The molecule has 1 saturated heterocycles. The zero-order chi connectivity index (χ0) is 13.3. The number of hydrogen-bond donors (Lipinski definition) is 1. The van der Waals surface area contributed by atoms with Crippen LogP contribution in [-0.4, -0.2) is 58.6 Å². The van der Waals surface area contributed by atoms with Crippen molar-refractivity contribution in [2.24, 2.45) is 0 Å². The molecule has 1 N–H and O–H groups in total. The lowest BCUT2D eigenvalue weighted by Gasteiger charge is -2.53. The molecule has 1 heterocycles. The number of hydrogen-bond acceptors (Lipinski definition) is 3. The summed E-state index contributed by atoms with van der Waals surface area (Å²) in [6.45, 7) is 6.43. The van der Waals surface area contributed by atoms with Gasteiger partial charge in [0.1, 0.15) is 0 Å². The summed E-state index contributed by atoms with van der Waals surface area (Å²) >= 11 is 0. The number of likely N-dealkylation sites (N-methyl/N-ethyl adjacent to an activating group) is 1. The lowest BCUT2D eigenvalue weighted by Crippen LogP contribution is -2.65. The van der Waals surface area contributed by atoms with E-state index in [0.717, 1.165) is 13.1 Å². The monoisotopic (exact) mass is 254 g/mol. The fourth-order valence-electron chi connectivity index (χ4n) is 4.09. The van der Waals surface area contributed by atoms with Crippen molar-refractivity contribution in [3.05, 3.63) is 0 Å². The molecule has 0 aromatic carbocycles. The lowest BCUT2D eigenvalue weighted by molar-refractivity contribution is -0.141. The largest absolute Gasteiger partial charge is 0.481 e. The van der Waals surface area contributed by atoms with Crippen LogP contribution in [0.15, 0.2) is 0 Å². The van der Waals surface area contributed by atoms with Crippen molar-refractivity contribution >= 4 is 5.97 Å². The van der Waals surface area contributed by atoms with Gasteiger partial charge in [0.15, 0.2) is 0 Å². The van der Waals surface area contributed by atoms with E-state index >= 15 is 0 Å². The van der Waals surface area contributed by atoms with Crippen molar-refractivity contribution in [1.29, 1.82) is 0 Å². The maximum atomic E-state index is 11.1. The van der Waals surface area contributed by atoms with Crippen LogP contribution in [0.1, 0.15) is 46.0 Å². The van der Waals surface area contributed by atoms with E-state index in [9.17, 15) is 4.79 Å². The maximum absolute atomic E-state index is 11.1. The van der Waals surface area contributed by atoms with E-state index in [4.69, 9.17) is 5.11 Å². The Kier molecular flexibility index (Phi) is 3.97. The fourth-order valence-corrected chi connectivity index (χ4v) is 4.09. The fraction of sp³-hybridized carbons (Fsp3) is 0.929. The first-order valence-corrected chi connectivity index (χ1v) is 7.09. The van der Waals surface area contributed by atoms with Gasteiger partial charge in [-0.2, -0.15) is 0 Å². The molecule has 0 aromatic heterocycles. The molecule has 1 aliphatic carbocycles. The molecule has 2 fully saturated rings. The van der Waals surface area contributed by atoms with Crippen LogP contribution in [-0.2, 0) is 4.79 Å². The van der Waals surface area contributed by atoms with Gasteiger partial charge in [-0.05, 0) is 33.7 Å². The molecule has 2 aliphatic rings. The molecule has 4 nitrogen and oxygen atoms in total. The highest BCUT2D eigenvalue weighted by Crippen LogP contribution is 2.35. The summed E-state index contributed by atoms with van der Waals surface area (Å²) in [6, 6.07) is 0.761. The molecule has 4 heteroatoms. The Labute approximate surface area is 110 Å². The zero-order valence-electron chi connectivity index (χ0n) is 11.9. The average Bonchev–Trinajstić information content (AvgIpc) is 2.66. The highest BCUT2D eigenvalue weighted by Gasteiger charge is 2.43. The molecule has 2 rings (SSSR count).